The number of carbonyl (C=O) groups excluding carboxylic acids is 2. The monoisotopic (exact) mass is 546 g/mol. The number of hydrogen-bond acceptors (Lipinski definition) is 7. The standard InChI is InChI=1S/C26H38N8O3.ClH/c1-26(2,28)23(35)32-13-15-33(16-14-32)24(36)29-22-10-12-34(25(37)30-22)21-8-6-19(7-9-21)17-31-11-4-3-5-20(27)18-31;/h6-10,12,20H,3-5,11,13-18,27-28H2,1-2H3,(H,29,30,36,37);1H. The number of hydrogen-bond donors (Lipinski definition) is 3. The fourth-order valence-electron chi connectivity index (χ4n) is 4.80. The molecule has 1 unspecified atom stereocenters. The first-order valence-electron chi connectivity index (χ1n) is 12.9. The Labute approximate surface area is 229 Å². The second-order valence-electron chi connectivity index (χ2n) is 10.6. The molecule has 0 spiro atoms. The predicted octanol–water partition coefficient (Wildman–Crippen LogP) is 1.38. The molecule has 0 aliphatic carbocycles. The number of halogens is 1. The molecule has 208 valence electrons. The average Bonchev–Trinajstić information content (AvgIpc) is 3.07. The van der Waals surface area contributed by atoms with Crippen LogP contribution in [0.3, 0.4) is 0 Å². The molecule has 3 amide bonds. The van der Waals surface area contributed by atoms with Crippen LogP contribution in [0, 0.1) is 0 Å². The fourth-order valence-corrected chi connectivity index (χ4v) is 4.80. The number of amides is 3. The first-order valence-corrected chi connectivity index (χ1v) is 12.9. The zero-order chi connectivity index (χ0) is 26.6. The lowest BCUT2D eigenvalue weighted by Crippen LogP contribution is -2.58. The van der Waals surface area contributed by atoms with Gasteiger partial charge < -0.3 is 21.3 Å². The van der Waals surface area contributed by atoms with Crippen molar-refractivity contribution < 1.29 is 9.59 Å². The molecule has 2 saturated heterocycles. The third-order valence-corrected chi connectivity index (χ3v) is 6.86. The average molecular weight is 547 g/mol. The Morgan fingerprint density at radius 3 is 2.32 bits per heavy atom. The van der Waals surface area contributed by atoms with Crippen molar-refractivity contribution in [2.24, 2.45) is 11.5 Å². The first kappa shape index (κ1) is 29.6. The molecule has 2 aliphatic heterocycles. The quantitative estimate of drug-likeness (QED) is 0.514. The highest BCUT2D eigenvalue weighted by molar-refractivity contribution is 5.89. The second kappa shape index (κ2) is 12.7. The molecule has 4 rings (SSSR count). The van der Waals surface area contributed by atoms with E-state index in [0.717, 1.165) is 32.5 Å². The summed E-state index contributed by atoms with van der Waals surface area (Å²) >= 11 is 0. The largest absolute Gasteiger partial charge is 0.354 e. The van der Waals surface area contributed by atoms with E-state index in [4.69, 9.17) is 11.5 Å². The Morgan fingerprint density at radius 2 is 1.68 bits per heavy atom. The summed E-state index contributed by atoms with van der Waals surface area (Å²) in [7, 11) is 0. The van der Waals surface area contributed by atoms with Crippen LogP contribution >= 0.6 is 12.4 Å². The minimum atomic E-state index is -0.945. The van der Waals surface area contributed by atoms with Gasteiger partial charge >= 0.3 is 11.7 Å². The van der Waals surface area contributed by atoms with Crippen LogP contribution in [-0.2, 0) is 11.3 Å². The van der Waals surface area contributed by atoms with Crippen molar-refractivity contribution in [3.63, 3.8) is 0 Å². The normalized spacial score (nSPS) is 18.9. The van der Waals surface area contributed by atoms with Crippen LogP contribution in [-0.4, -0.2) is 87.0 Å². The maximum Gasteiger partial charge on any atom is 0.354 e. The number of nitrogens with two attached hydrogens (primary N) is 2. The molecule has 0 bridgehead atoms. The van der Waals surface area contributed by atoms with Gasteiger partial charge in [-0.15, -0.1) is 12.4 Å². The van der Waals surface area contributed by atoms with E-state index in [0.29, 0.717) is 31.9 Å². The Hall–Kier alpha value is -2.99. The number of urea groups is 1. The van der Waals surface area contributed by atoms with Crippen LogP contribution in [0.25, 0.3) is 5.69 Å². The number of rotatable bonds is 5. The predicted molar refractivity (Wildman–Crippen MR) is 150 cm³/mol. The number of piperazine rings is 1. The van der Waals surface area contributed by atoms with Gasteiger partial charge in [0.1, 0.15) is 5.82 Å². The van der Waals surface area contributed by atoms with Gasteiger partial charge in [0.2, 0.25) is 5.91 Å². The van der Waals surface area contributed by atoms with Crippen LogP contribution < -0.4 is 22.5 Å². The SMILES string of the molecule is CC(C)(N)C(=O)N1CCN(C(=O)Nc2ccn(-c3ccc(CN4CCCCC(N)C4)cc3)c(=O)n2)CC1.Cl. The van der Waals surface area contributed by atoms with Crippen LogP contribution in [0.1, 0.15) is 38.7 Å². The molecule has 1 aromatic carbocycles. The van der Waals surface area contributed by atoms with E-state index in [9.17, 15) is 14.4 Å². The maximum atomic E-state index is 12.7. The van der Waals surface area contributed by atoms with E-state index in [1.165, 1.54) is 16.6 Å². The summed E-state index contributed by atoms with van der Waals surface area (Å²) in [5, 5.41) is 2.69. The van der Waals surface area contributed by atoms with Crippen LogP contribution in [0.4, 0.5) is 10.6 Å². The lowest BCUT2D eigenvalue weighted by Gasteiger charge is -2.37. The molecule has 2 fully saturated rings. The molecule has 0 radical (unpaired) electrons. The summed E-state index contributed by atoms with van der Waals surface area (Å²) in [6.45, 7) is 7.68. The van der Waals surface area contributed by atoms with E-state index in [2.05, 4.69) is 15.2 Å². The van der Waals surface area contributed by atoms with Gasteiger partial charge in [-0.25, -0.2) is 9.59 Å². The van der Waals surface area contributed by atoms with Crippen molar-refractivity contribution in [3.05, 3.63) is 52.6 Å². The number of benzene rings is 1. The van der Waals surface area contributed by atoms with Crippen molar-refractivity contribution in [3.8, 4) is 5.69 Å². The van der Waals surface area contributed by atoms with E-state index in [-0.39, 0.29) is 36.2 Å². The fraction of sp³-hybridized carbons (Fsp3) is 0.538. The highest BCUT2D eigenvalue weighted by Gasteiger charge is 2.31. The summed E-state index contributed by atoms with van der Waals surface area (Å²) in [4.78, 5) is 47.4. The van der Waals surface area contributed by atoms with Crippen LogP contribution in [0.5, 0.6) is 0 Å². The van der Waals surface area contributed by atoms with Crippen molar-refractivity contribution in [1.82, 2.24) is 24.3 Å². The van der Waals surface area contributed by atoms with Gasteiger partial charge in [0.25, 0.3) is 0 Å². The highest BCUT2D eigenvalue weighted by atomic mass is 35.5. The van der Waals surface area contributed by atoms with Gasteiger partial charge in [-0.2, -0.15) is 4.98 Å². The third kappa shape index (κ3) is 7.53. The molecule has 1 atom stereocenters. The molecule has 5 N–H and O–H groups in total. The second-order valence-corrected chi connectivity index (χ2v) is 10.6. The van der Waals surface area contributed by atoms with Crippen molar-refractivity contribution in [1.29, 1.82) is 0 Å². The molecule has 38 heavy (non-hydrogen) atoms. The number of anilines is 1. The topological polar surface area (TPSA) is 143 Å². The first-order chi connectivity index (χ1) is 17.6. The minimum Gasteiger partial charge on any atom is -0.338 e. The molecule has 2 aliphatic rings. The maximum absolute atomic E-state index is 12.7. The number of carbonyl (C=O) groups is 2. The van der Waals surface area contributed by atoms with E-state index in [1.54, 1.807) is 35.9 Å². The molecule has 11 nitrogen and oxygen atoms in total. The Kier molecular flexibility index (Phi) is 9.88. The molecule has 0 saturated carbocycles. The summed E-state index contributed by atoms with van der Waals surface area (Å²) in [6, 6.07) is 9.30. The third-order valence-electron chi connectivity index (χ3n) is 6.86. The van der Waals surface area contributed by atoms with Gasteiger partial charge in [-0.3, -0.25) is 19.6 Å². The summed E-state index contributed by atoms with van der Waals surface area (Å²) in [5.41, 5.74) is 12.5. The number of likely N-dealkylation sites (tertiary alicyclic amines) is 1. The number of nitrogens with one attached hydrogen (secondary N) is 1. The molecule has 3 heterocycles. The summed E-state index contributed by atoms with van der Waals surface area (Å²) in [6.07, 6.45) is 5.02. The van der Waals surface area contributed by atoms with Gasteiger partial charge in [-0.1, -0.05) is 18.6 Å². The van der Waals surface area contributed by atoms with Gasteiger partial charge in [-0.05, 0) is 57.0 Å². The zero-order valence-corrected chi connectivity index (χ0v) is 23.0. The Balaban J connectivity index is 0.00000400. The van der Waals surface area contributed by atoms with Crippen LogP contribution in [0.2, 0.25) is 0 Å². The van der Waals surface area contributed by atoms with Crippen molar-refractivity contribution >= 4 is 30.2 Å². The van der Waals surface area contributed by atoms with Crippen molar-refractivity contribution in [2.75, 3.05) is 44.6 Å². The molecule has 12 heteroatoms. The Bertz CT molecular complexity index is 1160. The van der Waals surface area contributed by atoms with Gasteiger partial charge in [0.05, 0.1) is 11.2 Å². The lowest BCUT2D eigenvalue weighted by molar-refractivity contribution is -0.137. The van der Waals surface area contributed by atoms with E-state index >= 15 is 0 Å². The molecular weight excluding hydrogens is 508 g/mol. The Morgan fingerprint density at radius 1 is 1.03 bits per heavy atom. The summed E-state index contributed by atoms with van der Waals surface area (Å²) in [5.74, 6) is 0.0407. The van der Waals surface area contributed by atoms with E-state index in [1.807, 2.05) is 24.3 Å². The number of nitrogens with zero attached hydrogens (tertiary/aromatic N) is 5. The number of aromatic nitrogens is 2. The van der Waals surface area contributed by atoms with E-state index < -0.39 is 11.2 Å². The molecule has 1 aromatic heterocycles. The summed E-state index contributed by atoms with van der Waals surface area (Å²) < 4.78 is 1.44. The zero-order valence-electron chi connectivity index (χ0n) is 22.1. The molecular formula is C26H39ClN8O3. The minimum absolute atomic E-state index is 0. The smallest absolute Gasteiger partial charge is 0.338 e. The van der Waals surface area contributed by atoms with Gasteiger partial charge in [0.15, 0.2) is 0 Å². The highest BCUT2D eigenvalue weighted by Crippen LogP contribution is 2.15. The van der Waals surface area contributed by atoms with Crippen LogP contribution in [0.15, 0.2) is 41.3 Å². The molecule has 2 aromatic rings. The lowest BCUT2D eigenvalue weighted by atomic mass is 10.1. The van der Waals surface area contributed by atoms with Gasteiger partial charge in [0, 0.05) is 51.5 Å². The van der Waals surface area contributed by atoms with Crippen molar-refractivity contribution in [2.45, 2.75) is 51.2 Å².